The monoisotopic (exact) mass is 329 g/mol. The molecule has 0 aliphatic rings. The summed E-state index contributed by atoms with van der Waals surface area (Å²) in [5.41, 5.74) is 0. The highest BCUT2D eigenvalue weighted by Gasteiger charge is 2.21. The first-order valence-electron chi connectivity index (χ1n) is 6.71. The van der Waals surface area contributed by atoms with E-state index in [0.29, 0.717) is 18.1 Å². The van der Waals surface area contributed by atoms with Crippen LogP contribution in [-0.2, 0) is 23.1 Å². The summed E-state index contributed by atoms with van der Waals surface area (Å²) >= 11 is 1.41. The number of hydrogen-bond donors (Lipinski definition) is 2. The molecule has 0 radical (unpaired) electrons. The third-order valence-corrected chi connectivity index (χ3v) is 5.12. The molecule has 0 aromatic carbocycles. The minimum absolute atomic E-state index is 0.187. The third-order valence-electron chi connectivity index (χ3n) is 2.84. The Labute approximate surface area is 128 Å². The van der Waals surface area contributed by atoms with E-state index in [1.165, 1.54) is 11.3 Å². The van der Waals surface area contributed by atoms with Gasteiger partial charge in [0.15, 0.2) is 0 Å². The standard InChI is InChI=1S/C13H19N3O3S2/c1-3-4-14-8-11-7-12(10(2)19-11)21(17,18)16-9-13-15-5-6-20-13/h5-7,14,16H,3-4,8-9H2,1-2H3. The molecule has 0 atom stereocenters. The molecule has 21 heavy (non-hydrogen) atoms. The Morgan fingerprint density at radius 3 is 2.86 bits per heavy atom. The average Bonchev–Trinajstić information content (AvgIpc) is 3.07. The van der Waals surface area contributed by atoms with Gasteiger partial charge in [-0.3, -0.25) is 0 Å². The first-order chi connectivity index (χ1) is 10.0. The van der Waals surface area contributed by atoms with Crippen molar-refractivity contribution in [3.63, 3.8) is 0 Å². The van der Waals surface area contributed by atoms with Gasteiger partial charge in [0.05, 0.1) is 13.1 Å². The maximum atomic E-state index is 12.3. The largest absolute Gasteiger partial charge is 0.464 e. The molecule has 116 valence electrons. The maximum absolute atomic E-state index is 12.3. The van der Waals surface area contributed by atoms with Crippen molar-refractivity contribution in [2.24, 2.45) is 0 Å². The summed E-state index contributed by atoms with van der Waals surface area (Å²) in [7, 11) is -3.58. The van der Waals surface area contributed by atoms with Gasteiger partial charge in [-0.2, -0.15) is 0 Å². The fourth-order valence-corrected chi connectivity index (χ4v) is 3.68. The molecule has 6 nitrogen and oxygen atoms in total. The quantitative estimate of drug-likeness (QED) is 0.724. The molecule has 8 heteroatoms. The number of nitrogens with one attached hydrogen (secondary N) is 2. The predicted octanol–water partition coefficient (Wildman–Crippen LogP) is 2.02. The Bertz CT molecular complexity index is 663. The van der Waals surface area contributed by atoms with Crippen molar-refractivity contribution in [1.82, 2.24) is 15.0 Å². The molecule has 2 heterocycles. The molecular weight excluding hydrogens is 310 g/mol. The number of aromatic nitrogens is 1. The molecular formula is C13H19N3O3S2. The fourth-order valence-electron chi connectivity index (χ4n) is 1.84. The summed E-state index contributed by atoms with van der Waals surface area (Å²) in [5, 5.41) is 5.72. The molecule has 0 aliphatic heterocycles. The van der Waals surface area contributed by atoms with Crippen LogP contribution in [0.1, 0.15) is 29.9 Å². The van der Waals surface area contributed by atoms with Crippen molar-refractivity contribution in [2.75, 3.05) is 6.54 Å². The van der Waals surface area contributed by atoms with E-state index in [2.05, 4.69) is 21.9 Å². The van der Waals surface area contributed by atoms with Crippen molar-refractivity contribution in [1.29, 1.82) is 0 Å². The average molecular weight is 329 g/mol. The van der Waals surface area contributed by atoms with Crippen LogP contribution in [0.2, 0.25) is 0 Å². The van der Waals surface area contributed by atoms with E-state index in [4.69, 9.17) is 4.42 Å². The molecule has 0 spiro atoms. The molecule has 0 unspecified atom stereocenters. The number of aryl methyl sites for hydroxylation is 1. The Balaban J connectivity index is 2.05. The Morgan fingerprint density at radius 2 is 2.19 bits per heavy atom. The molecule has 0 fully saturated rings. The van der Waals surface area contributed by atoms with Gasteiger partial charge in [0.25, 0.3) is 0 Å². The second-order valence-corrected chi connectivity index (χ2v) is 7.27. The van der Waals surface area contributed by atoms with Crippen LogP contribution in [0, 0.1) is 6.92 Å². The Hall–Kier alpha value is -1.22. The van der Waals surface area contributed by atoms with Gasteiger partial charge in [0.2, 0.25) is 10.0 Å². The van der Waals surface area contributed by atoms with Crippen LogP contribution in [0.4, 0.5) is 0 Å². The second-order valence-electron chi connectivity index (χ2n) is 4.56. The van der Waals surface area contributed by atoms with E-state index in [1.54, 1.807) is 19.2 Å². The van der Waals surface area contributed by atoms with Crippen LogP contribution in [0.15, 0.2) is 27.0 Å². The smallest absolute Gasteiger partial charge is 0.244 e. The Kier molecular flexibility index (Phi) is 5.51. The molecule has 0 aliphatic carbocycles. The van der Waals surface area contributed by atoms with E-state index in [1.807, 2.05) is 5.38 Å². The lowest BCUT2D eigenvalue weighted by atomic mass is 10.4. The summed E-state index contributed by atoms with van der Waals surface area (Å²) in [6.45, 7) is 5.30. The second kappa shape index (κ2) is 7.17. The number of hydrogen-bond acceptors (Lipinski definition) is 6. The minimum Gasteiger partial charge on any atom is -0.464 e. The van der Waals surface area contributed by atoms with Crippen molar-refractivity contribution in [3.8, 4) is 0 Å². The van der Waals surface area contributed by atoms with Gasteiger partial charge < -0.3 is 9.73 Å². The van der Waals surface area contributed by atoms with Crippen LogP contribution >= 0.6 is 11.3 Å². The normalized spacial score (nSPS) is 11.9. The number of nitrogens with zero attached hydrogens (tertiary/aromatic N) is 1. The highest BCUT2D eigenvalue weighted by atomic mass is 32.2. The van der Waals surface area contributed by atoms with Crippen LogP contribution in [0.5, 0.6) is 0 Å². The summed E-state index contributed by atoms with van der Waals surface area (Å²) in [5.74, 6) is 1.02. The zero-order valence-electron chi connectivity index (χ0n) is 12.0. The van der Waals surface area contributed by atoms with Crippen molar-refractivity contribution >= 4 is 21.4 Å². The van der Waals surface area contributed by atoms with Gasteiger partial charge in [-0.1, -0.05) is 6.92 Å². The zero-order valence-corrected chi connectivity index (χ0v) is 13.7. The van der Waals surface area contributed by atoms with E-state index >= 15 is 0 Å². The van der Waals surface area contributed by atoms with Crippen LogP contribution < -0.4 is 10.0 Å². The molecule has 0 saturated carbocycles. The molecule has 2 N–H and O–H groups in total. The topological polar surface area (TPSA) is 84.2 Å². The lowest BCUT2D eigenvalue weighted by molar-refractivity contribution is 0.457. The van der Waals surface area contributed by atoms with Gasteiger partial charge in [0.1, 0.15) is 21.4 Å². The maximum Gasteiger partial charge on any atom is 0.244 e. The fraction of sp³-hybridized carbons (Fsp3) is 0.462. The van der Waals surface area contributed by atoms with Crippen LogP contribution in [-0.4, -0.2) is 19.9 Å². The number of thiazole rings is 1. The number of rotatable bonds is 8. The molecule has 0 saturated heterocycles. The van der Waals surface area contributed by atoms with Crippen molar-refractivity contribution < 1.29 is 12.8 Å². The summed E-state index contributed by atoms with van der Waals surface area (Å²) in [6, 6.07) is 1.57. The molecule has 0 bridgehead atoms. The summed E-state index contributed by atoms with van der Waals surface area (Å²) in [6.07, 6.45) is 2.66. The molecule has 0 amide bonds. The number of sulfonamides is 1. The first kappa shape index (κ1) is 16.2. The SMILES string of the molecule is CCCNCc1cc(S(=O)(=O)NCc2nccs2)c(C)o1. The van der Waals surface area contributed by atoms with Gasteiger partial charge in [0, 0.05) is 17.6 Å². The van der Waals surface area contributed by atoms with Crippen molar-refractivity contribution in [3.05, 3.63) is 34.2 Å². The Morgan fingerprint density at radius 1 is 1.38 bits per heavy atom. The summed E-state index contributed by atoms with van der Waals surface area (Å²) in [4.78, 5) is 4.24. The summed E-state index contributed by atoms with van der Waals surface area (Å²) < 4.78 is 32.6. The predicted molar refractivity (Wildman–Crippen MR) is 81.6 cm³/mol. The highest BCUT2D eigenvalue weighted by molar-refractivity contribution is 7.89. The zero-order chi connectivity index (χ0) is 15.3. The molecule has 2 rings (SSSR count). The van der Waals surface area contributed by atoms with Crippen LogP contribution in [0.25, 0.3) is 0 Å². The first-order valence-corrected chi connectivity index (χ1v) is 9.07. The van der Waals surface area contributed by atoms with E-state index < -0.39 is 10.0 Å². The van der Waals surface area contributed by atoms with Crippen LogP contribution in [0.3, 0.4) is 0 Å². The third kappa shape index (κ3) is 4.37. The number of furan rings is 1. The van der Waals surface area contributed by atoms with Crippen molar-refractivity contribution in [2.45, 2.75) is 38.3 Å². The van der Waals surface area contributed by atoms with Gasteiger partial charge in [-0.25, -0.2) is 18.1 Å². The lowest BCUT2D eigenvalue weighted by Gasteiger charge is -2.03. The highest BCUT2D eigenvalue weighted by Crippen LogP contribution is 2.20. The molecule has 2 aromatic rings. The van der Waals surface area contributed by atoms with Gasteiger partial charge in [-0.15, -0.1) is 11.3 Å². The van der Waals surface area contributed by atoms with Gasteiger partial charge >= 0.3 is 0 Å². The minimum atomic E-state index is -3.58. The van der Waals surface area contributed by atoms with E-state index in [0.717, 1.165) is 18.0 Å². The van der Waals surface area contributed by atoms with E-state index in [9.17, 15) is 8.42 Å². The lowest BCUT2D eigenvalue weighted by Crippen LogP contribution is -2.23. The van der Waals surface area contributed by atoms with Gasteiger partial charge in [-0.05, 0) is 19.9 Å². The van der Waals surface area contributed by atoms with E-state index in [-0.39, 0.29) is 11.4 Å². The molecule has 2 aromatic heterocycles.